The average molecular weight is 644 g/mol. The number of anilines is 2. The zero-order chi connectivity index (χ0) is 31.8. The maximum Gasteiger partial charge on any atom is 0.341 e. The van der Waals surface area contributed by atoms with Crippen LogP contribution in [-0.4, -0.2) is 48.2 Å². The summed E-state index contributed by atoms with van der Waals surface area (Å²) in [7, 11) is 1.58. The smallest absolute Gasteiger partial charge is 0.341 e. The predicted octanol–water partition coefficient (Wildman–Crippen LogP) is 7.25. The number of fused-ring (bicyclic) bond motifs is 1. The lowest BCUT2D eigenvalue weighted by Crippen LogP contribution is -2.30. The summed E-state index contributed by atoms with van der Waals surface area (Å²) >= 11 is 2.88. The van der Waals surface area contributed by atoms with Gasteiger partial charge in [0.2, 0.25) is 5.91 Å². The minimum atomic E-state index is -0.415. The minimum Gasteiger partial charge on any atom is -0.497 e. The third-order valence-electron chi connectivity index (χ3n) is 7.49. The Morgan fingerprint density at radius 1 is 0.978 bits per heavy atom. The van der Waals surface area contributed by atoms with Crippen LogP contribution in [0.3, 0.4) is 0 Å². The Bertz CT molecular complexity index is 1640. The molecule has 0 radical (unpaired) electrons. The minimum absolute atomic E-state index is 0.180. The monoisotopic (exact) mass is 643 g/mol. The summed E-state index contributed by atoms with van der Waals surface area (Å²) in [5, 5.41) is 6.14. The molecule has 8 nitrogen and oxygen atoms in total. The maximum atomic E-state index is 13.6. The Balaban J connectivity index is 1.28. The van der Waals surface area contributed by atoms with E-state index in [-0.39, 0.29) is 18.4 Å². The van der Waals surface area contributed by atoms with E-state index in [2.05, 4.69) is 27.7 Å². The van der Waals surface area contributed by atoms with Crippen molar-refractivity contribution in [3.8, 4) is 5.75 Å². The number of thioether (sulfide) groups is 1. The normalized spacial score (nSPS) is 13.4. The third kappa shape index (κ3) is 8.13. The van der Waals surface area contributed by atoms with Crippen LogP contribution in [0.2, 0.25) is 0 Å². The van der Waals surface area contributed by atoms with Crippen molar-refractivity contribution in [1.29, 1.82) is 0 Å². The first-order valence-electron chi connectivity index (χ1n) is 15.0. The van der Waals surface area contributed by atoms with Gasteiger partial charge in [0.1, 0.15) is 10.8 Å². The Hall–Kier alpha value is -4.12. The van der Waals surface area contributed by atoms with Gasteiger partial charge in [0.05, 0.1) is 24.5 Å². The molecule has 0 bridgehead atoms. The van der Waals surface area contributed by atoms with E-state index >= 15 is 0 Å². The highest BCUT2D eigenvalue weighted by atomic mass is 32.2. The second-order valence-electron chi connectivity index (χ2n) is 10.6. The summed E-state index contributed by atoms with van der Waals surface area (Å²) in [6.45, 7) is 6.35. The summed E-state index contributed by atoms with van der Waals surface area (Å²) in [4.78, 5) is 43.8. The molecule has 1 aliphatic heterocycles. The SMILES string of the molecule is CCOC(=O)c1c(NC(=O)C(CC)Sc2cccc(NC(=O)c3ccc(OC)cc3)c2)sc2c1CCN(Cc1ccccc1)C2. The Kier molecular flexibility index (Phi) is 10.9. The first-order valence-corrected chi connectivity index (χ1v) is 16.7. The molecule has 1 unspecified atom stereocenters. The summed E-state index contributed by atoms with van der Waals surface area (Å²) in [5.74, 6) is -0.140. The van der Waals surface area contributed by atoms with Crippen molar-refractivity contribution in [3.63, 3.8) is 0 Å². The molecule has 1 aliphatic rings. The predicted molar refractivity (Wildman–Crippen MR) is 180 cm³/mol. The van der Waals surface area contributed by atoms with E-state index in [0.717, 1.165) is 28.4 Å². The number of esters is 1. The summed E-state index contributed by atoms with van der Waals surface area (Å²) < 4.78 is 10.6. The number of carbonyl (C=O) groups excluding carboxylic acids is 3. The molecule has 10 heteroatoms. The molecule has 234 valence electrons. The number of benzene rings is 3. The lowest BCUT2D eigenvalue weighted by Gasteiger charge is -2.27. The zero-order valence-corrected chi connectivity index (χ0v) is 27.3. The van der Waals surface area contributed by atoms with Crippen molar-refractivity contribution >= 4 is 51.6 Å². The Morgan fingerprint density at radius 3 is 2.47 bits per heavy atom. The van der Waals surface area contributed by atoms with Crippen molar-refractivity contribution in [1.82, 2.24) is 4.90 Å². The van der Waals surface area contributed by atoms with Crippen LogP contribution in [-0.2, 0) is 29.0 Å². The molecule has 0 fully saturated rings. The highest BCUT2D eigenvalue weighted by Gasteiger charge is 2.31. The lowest BCUT2D eigenvalue weighted by atomic mass is 10.0. The number of thiophene rings is 1. The molecule has 5 rings (SSSR count). The number of hydrogen-bond acceptors (Lipinski definition) is 8. The van der Waals surface area contributed by atoms with Crippen LogP contribution in [0.15, 0.2) is 83.8 Å². The molecule has 0 aliphatic carbocycles. The molecule has 2 heterocycles. The molecule has 45 heavy (non-hydrogen) atoms. The van der Waals surface area contributed by atoms with Gasteiger partial charge in [-0.05, 0) is 73.4 Å². The van der Waals surface area contributed by atoms with Crippen LogP contribution < -0.4 is 15.4 Å². The van der Waals surface area contributed by atoms with Gasteiger partial charge in [0.15, 0.2) is 0 Å². The quantitative estimate of drug-likeness (QED) is 0.124. The molecule has 1 atom stereocenters. The summed E-state index contributed by atoms with van der Waals surface area (Å²) in [6.07, 6.45) is 1.29. The largest absolute Gasteiger partial charge is 0.497 e. The summed E-state index contributed by atoms with van der Waals surface area (Å²) in [5.41, 5.74) is 3.83. The number of hydrogen-bond donors (Lipinski definition) is 2. The van der Waals surface area contributed by atoms with Crippen LogP contribution in [0.25, 0.3) is 0 Å². The van der Waals surface area contributed by atoms with Crippen LogP contribution in [0.1, 0.15) is 57.0 Å². The fourth-order valence-electron chi connectivity index (χ4n) is 5.21. The highest BCUT2D eigenvalue weighted by molar-refractivity contribution is 8.00. The van der Waals surface area contributed by atoms with E-state index in [9.17, 15) is 14.4 Å². The van der Waals surface area contributed by atoms with Crippen molar-refractivity contribution < 1.29 is 23.9 Å². The van der Waals surface area contributed by atoms with Gasteiger partial charge < -0.3 is 20.1 Å². The van der Waals surface area contributed by atoms with E-state index < -0.39 is 11.2 Å². The maximum absolute atomic E-state index is 13.6. The van der Waals surface area contributed by atoms with Crippen molar-refractivity contribution in [2.45, 2.75) is 49.9 Å². The van der Waals surface area contributed by atoms with Crippen molar-refractivity contribution in [2.24, 2.45) is 0 Å². The van der Waals surface area contributed by atoms with Gasteiger partial charge >= 0.3 is 5.97 Å². The van der Waals surface area contributed by atoms with Gasteiger partial charge in [-0.3, -0.25) is 14.5 Å². The van der Waals surface area contributed by atoms with Gasteiger partial charge in [0.25, 0.3) is 5.91 Å². The number of ether oxygens (including phenoxy) is 2. The van der Waals surface area contributed by atoms with Crippen molar-refractivity contribution in [2.75, 3.05) is 30.9 Å². The fourth-order valence-corrected chi connectivity index (χ4v) is 7.51. The molecule has 2 amide bonds. The van der Waals surface area contributed by atoms with Gasteiger partial charge in [-0.2, -0.15) is 0 Å². The molecular weight excluding hydrogens is 607 g/mol. The summed E-state index contributed by atoms with van der Waals surface area (Å²) in [6, 6.07) is 24.7. The number of amides is 2. The second kappa shape index (κ2) is 15.2. The van der Waals surface area contributed by atoms with Crippen LogP contribution >= 0.6 is 23.1 Å². The van der Waals surface area contributed by atoms with Crippen LogP contribution in [0.5, 0.6) is 5.75 Å². The standard InChI is InChI=1S/C35H37N3O5S2/c1-4-29(44-27-13-9-12-25(20-27)36-32(39)24-14-16-26(42-3)17-15-24)33(40)37-34-31(35(41)43-5-2)28-18-19-38(22-30(28)45-34)21-23-10-7-6-8-11-23/h6-17,20,29H,4-5,18-19,21-22H2,1-3H3,(H,36,39)(H,37,40). The molecule has 0 saturated heterocycles. The molecule has 3 aromatic carbocycles. The third-order valence-corrected chi connectivity index (χ3v) is 9.98. The first-order chi connectivity index (χ1) is 21.9. The van der Waals surface area contributed by atoms with Gasteiger partial charge in [0, 0.05) is 40.7 Å². The average Bonchev–Trinajstić information content (AvgIpc) is 3.41. The Morgan fingerprint density at radius 2 is 1.76 bits per heavy atom. The van der Waals surface area contributed by atoms with Gasteiger partial charge in [-0.15, -0.1) is 23.1 Å². The lowest BCUT2D eigenvalue weighted by molar-refractivity contribution is -0.115. The van der Waals surface area contributed by atoms with E-state index in [1.807, 2.05) is 49.4 Å². The molecule has 4 aromatic rings. The van der Waals surface area contributed by atoms with E-state index in [4.69, 9.17) is 9.47 Å². The number of nitrogens with one attached hydrogen (secondary N) is 2. The van der Waals surface area contributed by atoms with Crippen LogP contribution in [0.4, 0.5) is 10.7 Å². The molecule has 1 aromatic heterocycles. The topological polar surface area (TPSA) is 97.0 Å². The van der Waals surface area contributed by atoms with Gasteiger partial charge in [-0.1, -0.05) is 43.3 Å². The molecule has 2 N–H and O–H groups in total. The molecule has 0 spiro atoms. The van der Waals surface area contributed by atoms with Gasteiger partial charge in [-0.25, -0.2) is 4.79 Å². The molecular formula is C35H37N3O5S2. The zero-order valence-electron chi connectivity index (χ0n) is 25.6. The first kappa shape index (κ1) is 32.3. The fraction of sp³-hybridized carbons (Fsp3) is 0.286. The van der Waals surface area contributed by atoms with Crippen LogP contribution in [0, 0.1) is 0 Å². The second-order valence-corrected chi connectivity index (χ2v) is 13.0. The number of nitrogens with zero attached hydrogens (tertiary/aromatic N) is 1. The Labute approximate surface area is 272 Å². The number of rotatable bonds is 12. The number of carbonyl (C=O) groups is 3. The highest BCUT2D eigenvalue weighted by Crippen LogP contribution is 2.39. The van der Waals surface area contributed by atoms with E-state index in [1.54, 1.807) is 38.3 Å². The van der Waals surface area contributed by atoms with E-state index in [0.29, 0.717) is 47.0 Å². The van der Waals surface area contributed by atoms with E-state index in [1.165, 1.54) is 28.7 Å². The molecule has 0 saturated carbocycles. The number of methoxy groups -OCH3 is 1. The van der Waals surface area contributed by atoms with Crippen molar-refractivity contribution in [3.05, 3.63) is 106 Å².